The Hall–Kier alpha value is -0.980. The summed E-state index contributed by atoms with van der Waals surface area (Å²) in [4.78, 5) is 0. The highest BCUT2D eigenvalue weighted by Gasteiger charge is 2.33. The molecule has 0 unspecified atom stereocenters. The van der Waals surface area contributed by atoms with Gasteiger partial charge in [-0.3, -0.25) is 0 Å². The van der Waals surface area contributed by atoms with Crippen molar-refractivity contribution in [2.45, 2.75) is 31.1 Å². The normalized spacial score (nSPS) is 19.9. The van der Waals surface area contributed by atoms with E-state index in [1.807, 2.05) is 7.05 Å². The maximum absolute atomic E-state index is 12.8. The highest BCUT2D eigenvalue weighted by atomic mass is 32.2. The maximum Gasteiger partial charge on any atom is 0.218 e. The van der Waals surface area contributed by atoms with Crippen molar-refractivity contribution in [3.8, 4) is 0 Å². The van der Waals surface area contributed by atoms with Crippen molar-refractivity contribution in [1.82, 2.24) is 9.62 Å². The molecule has 0 amide bonds. The zero-order chi connectivity index (χ0) is 14.8. The zero-order valence-corrected chi connectivity index (χ0v) is 12.7. The lowest BCUT2D eigenvalue weighted by molar-refractivity contribution is 0.219. The first kappa shape index (κ1) is 15.4. The number of hydrogen-bond acceptors (Lipinski definition) is 3. The van der Waals surface area contributed by atoms with Gasteiger partial charge < -0.3 is 5.32 Å². The fourth-order valence-electron chi connectivity index (χ4n) is 2.39. The topological polar surface area (TPSA) is 49.4 Å². The van der Waals surface area contributed by atoms with Crippen LogP contribution in [0.3, 0.4) is 0 Å². The third-order valence-electron chi connectivity index (χ3n) is 4.09. The van der Waals surface area contributed by atoms with Crippen molar-refractivity contribution in [2.24, 2.45) is 0 Å². The van der Waals surface area contributed by atoms with Gasteiger partial charge in [-0.15, -0.1) is 0 Å². The predicted molar refractivity (Wildman–Crippen MR) is 77.3 cm³/mol. The number of piperidine rings is 1. The molecule has 1 saturated heterocycles. The van der Waals surface area contributed by atoms with Gasteiger partial charge in [-0.05, 0) is 44.5 Å². The Bertz CT molecular complexity index is 549. The summed E-state index contributed by atoms with van der Waals surface area (Å²) in [6.07, 6.45) is 1.60. The Balaban J connectivity index is 2.03. The van der Waals surface area contributed by atoms with Crippen LogP contribution in [0.4, 0.5) is 4.39 Å². The predicted octanol–water partition coefficient (Wildman–Crippen LogP) is 1.73. The van der Waals surface area contributed by atoms with Crippen LogP contribution in [0.25, 0.3) is 0 Å². The summed E-state index contributed by atoms with van der Waals surface area (Å²) < 4.78 is 39.1. The van der Waals surface area contributed by atoms with E-state index in [1.54, 1.807) is 0 Å². The van der Waals surface area contributed by atoms with Gasteiger partial charge in [0, 0.05) is 18.6 Å². The Morgan fingerprint density at radius 2 is 1.80 bits per heavy atom. The van der Waals surface area contributed by atoms with Crippen molar-refractivity contribution in [3.63, 3.8) is 0 Å². The Kier molecular flexibility index (Phi) is 4.46. The molecule has 0 atom stereocenters. The lowest BCUT2D eigenvalue weighted by Gasteiger charge is -2.38. The van der Waals surface area contributed by atoms with Gasteiger partial charge in [0.2, 0.25) is 10.0 Å². The second kappa shape index (κ2) is 5.79. The summed E-state index contributed by atoms with van der Waals surface area (Å²) in [5, 5.41) is 3.25. The quantitative estimate of drug-likeness (QED) is 0.921. The van der Waals surface area contributed by atoms with Crippen LogP contribution in [0.15, 0.2) is 24.3 Å². The van der Waals surface area contributed by atoms with E-state index < -0.39 is 10.0 Å². The van der Waals surface area contributed by atoms with Crippen LogP contribution in [0.5, 0.6) is 0 Å². The molecule has 4 nitrogen and oxygen atoms in total. The minimum atomic E-state index is -3.32. The van der Waals surface area contributed by atoms with Crippen molar-refractivity contribution in [1.29, 1.82) is 0 Å². The monoisotopic (exact) mass is 300 g/mol. The molecule has 0 spiro atoms. The molecular weight excluding hydrogens is 279 g/mol. The molecule has 1 aliphatic heterocycles. The zero-order valence-electron chi connectivity index (χ0n) is 11.9. The summed E-state index contributed by atoms with van der Waals surface area (Å²) in [7, 11) is -1.42. The summed E-state index contributed by atoms with van der Waals surface area (Å²) in [5.74, 6) is -0.419. The second-order valence-electron chi connectivity index (χ2n) is 5.59. The molecule has 20 heavy (non-hydrogen) atoms. The first-order chi connectivity index (χ1) is 9.35. The Labute approximate surface area is 120 Å². The fourth-order valence-corrected chi connectivity index (χ4v) is 3.93. The molecule has 112 valence electrons. The lowest BCUT2D eigenvalue weighted by Crippen LogP contribution is -2.51. The molecule has 1 aromatic carbocycles. The van der Waals surface area contributed by atoms with Gasteiger partial charge >= 0.3 is 0 Å². The second-order valence-corrected chi connectivity index (χ2v) is 7.56. The molecule has 1 N–H and O–H groups in total. The van der Waals surface area contributed by atoms with Crippen LogP contribution in [0.2, 0.25) is 0 Å². The number of sulfonamides is 1. The highest BCUT2D eigenvalue weighted by molar-refractivity contribution is 7.88. The van der Waals surface area contributed by atoms with E-state index >= 15 is 0 Å². The van der Waals surface area contributed by atoms with E-state index in [9.17, 15) is 12.8 Å². The number of halogens is 1. The number of rotatable bonds is 4. The minimum absolute atomic E-state index is 0.0158. The lowest BCUT2D eigenvalue weighted by atomic mass is 9.91. The van der Waals surface area contributed by atoms with Gasteiger partial charge in [0.1, 0.15) is 5.82 Å². The van der Waals surface area contributed by atoms with E-state index in [0.717, 1.165) is 12.8 Å². The summed E-state index contributed by atoms with van der Waals surface area (Å²) in [6, 6.07) is 5.63. The molecule has 0 bridgehead atoms. The molecule has 0 aliphatic carbocycles. The van der Waals surface area contributed by atoms with Crippen LogP contribution >= 0.6 is 0 Å². The van der Waals surface area contributed by atoms with Crippen LogP contribution in [-0.2, 0) is 15.8 Å². The van der Waals surface area contributed by atoms with Gasteiger partial charge in [-0.1, -0.05) is 12.1 Å². The summed E-state index contributed by atoms with van der Waals surface area (Å²) in [5.41, 5.74) is 0.635. The molecule has 2 rings (SSSR count). The average Bonchev–Trinajstić information content (AvgIpc) is 2.42. The minimum Gasteiger partial charge on any atom is -0.314 e. The van der Waals surface area contributed by atoms with E-state index in [0.29, 0.717) is 18.7 Å². The van der Waals surface area contributed by atoms with Crippen LogP contribution < -0.4 is 5.32 Å². The van der Waals surface area contributed by atoms with Crippen LogP contribution in [0.1, 0.15) is 25.3 Å². The largest absolute Gasteiger partial charge is 0.314 e. The number of nitrogens with zero attached hydrogens (tertiary/aromatic N) is 1. The van der Waals surface area contributed by atoms with Gasteiger partial charge in [0.05, 0.1) is 5.75 Å². The summed E-state index contributed by atoms with van der Waals surface area (Å²) in [6.45, 7) is 3.17. The van der Waals surface area contributed by atoms with Gasteiger partial charge in [-0.25, -0.2) is 17.1 Å². The molecule has 0 aromatic heterocycles. The molecule has 1 aliphatic rings. The first-order valence-corrected chi connectivity index (χ1v) is 8.37. The Morgan fingerprint density at radius 3 is 2.30 bits per heavy atom. The SMILES string of the molecule is CNC1(C)CCN(S(=O)(=O)Cc2ccc(F)cc2)CC1. The first-order valence-electron chi connectivity index (χ1n) is 6.76. The van der Waals surface area contributed by atoms with E-state index in [2.05, 4.69) is 12.2 Å². The Morgan fingerprint density at radius 1 is 1.25 bits per heavy atom. The highest BCUT2D eigenvalue weighted by Crippen LogP contribution is 2.24. The molecule has 1 heterocycles. The average molecular weight is 300 g/mol. The molecule has 1 aromatic rings. The van der Waals surface area contributed by atoms with E-state index in [1.165, 1.54) is 28.6 Å². The molecule has 0 radical (unpaired) electrons. The van der Waals surface area contributed by atoms with Crippen LogP contribution in [0, 0.1) is 5.82 Å². The molecule has 6 heteroatoms. The molecule has 0 saturated carbocycles. The van der Waals surface area contributed by atoms with Crippen molar-refractivity contribution in [3.05, 3.63) is 35.6 Å². The van der Waals surface area contributed by atoms with Gasteiger partial charge in [0.15, 0.2) is 0 Å². The van der Waals surface area contributed by atoms with Crippen molar-refractivity contribution in [2.75, 3.05) is 20.1 Å². The van der Waals surface area contributed by atoms with Gasteiger partial charge in [0.25, 0.3) is 0 Å². The smallest absolute Gasteiger partial charge is 0.218 e. The molecular formula is C14H21FN2O2S. The number of benzene rings is 1. The summed E-state index contributed by atoms with van der Waals surface area (Å²) >= 11 is 0. The van der Waals surface area contributed by atoms with Crippen LogP contribution in [-0.4, -0.2) is 38.4 Å². The standard InChI is InChI=1S/C14H21FN2O2S/c1-14(16-2)7-9-17(10-8-14)20(18,19)11-12-3-5-13(15)6-4-12/h3-6,16H,7-11H2,1-2H3. The van der Waals surface area contributed by atoms with Crippen molar-refractivity contribution >= 4 is 10.0 Å². The van der Waals surface area contributed by atoms with Crippen molar-refractivity contribution < 1.29 is 12.8 Å². The van der Waals surface area contributed by atoms with E-state index in [4.69, 9.17) is 0 Å². The van der Waals surface area contributed by atoms with E-state index in [-0.39, 0.29) is 17.1 Å². The number of hydrogen-bond donors (Lipinski definition) is 1. The third kappa shape index (κ3) is 3.56. The number of nitrogens with one attached hydrogen (secondary N) is 1. The third-order valence-corrected chi connectivity index (χ3v) is 5.94. The molecule has 1 fully saturated rings. The fraction of sp³-hybridized carbons (Fsp3) is 0.571. The van der Waals surface area contributed by atoms with Gasteiger partial charge in [-0.2, -0.15) is 0 Å². The maximum atomic E-state index is 12.8.